The molecule has 3 aromatic heterocycles. The number of nitrogens with one attached hydrogen (secondary N) is 1. The van der Waals surface area contributed by atoms with Crippen molar-refractivity contribution in [3.8, 4) is 0 Å². The summed E-state index contributed by atoms with van der Waals surface area (Å²) in [4.78, 5) is 0. The first-order valence-corrected chi connectivity index (χ1v) is 7.54. The van der Waals surface area contributed by atoms with E-state index in [9.17, 15) is 4.57 Å². The summed E-state index contributed by atoms with van der Waals surface area (Å²) < 4.78 is 13.9. The van der Waals surface area contributed by atoms with Crippen LogP contribution < -0.4 is 5.44 Å². The van der Waals surface area contributed by atoms with Gasteiger partial charge < -0.3 is 4.57 Å². The number of hydrogen-bond donors (Lipinski definition) is 1. The molecular weight excluding hydrogens is 223 g/mol. The molecule has 0 saturated carbocycles. The fourth-order valence-electron chi connectivity index (χ4n) is 1.85. The molecule has 5 nitrogen and oxygen atoms in total. The molecule has 0 spiro atoms. The summed E-state index contributed by atoms with van der Waals surface area (Å²) in [6.45, 7) is 3.49. The zero-order valence-electron chi connectivity index (χ0n) is 9.01. The van der Waals surface area contributed by atoms with Crippen LogP contribution in [0.25, 0.3) is 16.6 Å². The van der Waals surface area contributed by atoms with Crippen molar-refractivity contribution < 1.29 is 4.57 Å². The fourth-order valence-corrected chi connectivity index (χ4v) is 2.90. The standard InChI is InChI=1S/C10H11N4OP/c1-16(2,15)9-5-3-4-8-7-6-11-12-10(7)13-14(8)9/h3-6H,1-2H3,(H,12,13). The summed E-state index contributed by atoms with van der Waals surface area (Å²) in [7, 11) is -2.33. The highest BCUT2D eigenvalue weighted by Gasteiger charge is 2.17. The Morgan fingerprint density at radius 2 is 2.19 bits per heavy atom. The van der Waals surface area contributed by atoms with Crippen LogP contribution in [0.15, 0.2) is 24.4 Å². The van der Waals surface area contributed by atoms with Crippen molar-refractivity contribution >= 4 is 29.1 Å². The Balaban J connectivity index is 2.51. The Hall–Kier alpha value is -1.61. The van der Waals surface area contributed by atoms with Gasteiger partial charge in [0.05, 0.1) is 17.1 Å². The molecule has 0 aliphatic rings. The van der Waals surface area contributed by atoms with E-state index in [1.54, 1.807) is 24.0 Å². The molecule has 0 radical (unpaired) electrons. The molecule has 6 heteroatoms. The van der Waals surface area contributed by atoms with E-state index in [0.29, 0.717) is 0 Å². The maximum Gasteiger partial charge on any atom is 0.178 e. The largest absolute Gasteiger partial charge is 0.318 e. The number of hydrogen-bond acceptors (Lipinski definition) is 3. The molecule has 0 unspecified atom stereocenters. The van der Waals surface area contributed by atoms with Gasteiger partial charge in [-0.15, -0.1) is 5.10 Å². The van der Waals surface area contributed by atoms with Crippen LogP contribution in [0, 0.1) is 0 Å². The Morgan fingerprint density at radius 1 is 1.38 bits per heavy atom. The van der Waals surface area contributed by atoms with Crippen molar-refractivity contribution in [1.29, 1.82) is 0 Å². The average molecular weight is 234 g/mol. The van der Waals surface area contributed by atoms with Crippen molar-refractivity contribution in [1.82, 2.24) is 19.8 Å². The zero-order valence-corrected chi connectivity index (χ0v) is 9.90. The van der Waals surface area contributed by atoms with E-state index in [0.717, 1.165) is 22.0 Å². The van der Waals surface area contributed by atoms with Crippen LogP contribution in [0.1, 0.15) is 0 Å². The van der Waals surface area contributed by atoms with Crippen LogP contribution in [-0.4, -0.2) is 33.1 Å². The topological polar surface area (TPSA) is 63.0 Å². The molecule has 0 saturated heterocycles. The third kappa shape index (κ3) is 1.21. The highest BCUT2D eigenvalue weighted by Crippen LogP contribution is 2.34. The average Bonchev–Trinajstić information content (AvgIpc) is 2.74. The number of fused-ring (bicyclic) bond motifs is 3. The smallest absolute Gasteiger partial charge is 0.178 e. The second-order valence-corrected chi connectivity index (χ2v) is 7.32. The molecule has 3 rings (SSSR count). The second kappa shape index (κ2) is 2.95. The minimum Gasteiger partial charge on any atom is -0.318 e. The van der Waals surface area contributed by atoms with Crippen LogP contribution >= 0.6 is 7.14 Å². The predicted octanol–water partition coefficient (Wildman–Crippen LogP) is 1.46. The first-order chi connectivity index (χ1) is 7.57. The van der Waals surface area contributed by atoms with Crippen LogP contribution in [0.5, 0.6) is 0 Å². The summed E-state index contributed by atoms with van der Waals surface area (Å²) in [5.41, 5.74) is 2.42. The number of H-pyrrole nitrogens is 1. The predicted molar refractivity (Wildman–Crippen MR) is 63.9 cm³/mol. The summed E-state index contributed by atoms with van der Waals surface area (Å²) in [6.07, 6.45) is 1.73. The quantitative estimate of drug-likeness (QED) is 0.648. The Bertz CT molecular complexity index is 721. The molecule has 0 fully saturated rings. The van der Waals surface area contributed by atoms with Gasteiger partial charge in [0.15, 0.2) is 5.65 Å². The van der Waals surface area contributed by atoms with Crippen molar-refractivity contribution in [2.24, 2.45) is 0 Å². The molecule has 1 N–H and O–H groups in total. The van der Waals surface area contributed by atoms with Crippen LogP contribution in [0.2, 0.25) is 0 Å². The molecule has 3 aromatic rings. The number of pyridine rings is 1. The molecule has 0 aromatic carbocycles. The van der Waals surface area contributed by atoms with E-state index in [1.807, 2.05) is 18.2 Å². The lowest BCUT2D eigenvalue weighted by atomic mass is 10.3. The molecule has 0 aliphatic carbocycles. The minimum absolute atomic E-state index is 0.723. The van der Waals surface area contributed by atoms with Crippen molar-refractivity contribution in [3.05, 3.63) is 24.4 Å². The lowest BCUT2D eigenvalue weighted by Gasteiger charge is -2.08. The maximum absolute atomic E-state index is 12.1. The maximum atomic E-state index is 12.1. The van der Waals surface area contributed by atoms with Gasteiger partial charge in [0.2, 0.25) is 0 Å². The van der Waals surface area contributed by atoms with Gasteiger partial charge in [0.1, 0.15) is 12.6 Å². The van der Waals surface area contributed by atoms with Gasteiger partial charge in [-0.25, -0.2) is 4.52 Å². The van der Waals surface area contributed by atoms with Crippen molar-refractivity contribution in [3.63, 3.8) is 0 Å². The van der Waals surface area contributed by atoms with Gasteiger partial charge in [-0.1, -0.05) is 6.07 Å². The number of nitrogens with zero attached hydrogens (tertiary/aromatic N) is 3. The van der Waals surface area contributed by atoms with Gasteiger partial charge in [0.25, 0.3) is 0 Å². The Morgan fingerprint density at radius 3 is 2.94 bits per heavy atom. The summed E-state index contributed by atoms with van der Waals surface area (Å²) >= 11 is 0. The molecule has 0 atom stereocenters. The summed E-state index contributed by atoms with van der Waals surface area (Å²) in [5, 5.41) is 12.1. The number of aromatic amines is 1. The number of aromatic nitrogens is 4. The minimum atomic E-state index is -2.33. The lowest BCUT2D eigenvalue weighted by molar-refractivity contribution is 0.587. The Labute approximate surface area is 91.8 Å². The van der Waals surface area contributed by atoms with Gasteiger partial charge in [-0.2, -0.15) is 5.10 Å². The van der Waals surface area contributed by atoms with Crippen LogP contribution in [0.3, 0.4) is 0 Å². The van der Waals surface area contributed by atoms with Gasteiger partial charge >= 0.3 is 0 Å². The molecule has 16 heavy (non-hydrogen) atoms. The SMILES string of the molecule is CP(C)(=O)c1cccc2c3cn[nH]c3nn12. The van der Waals surface area contributed by atoms with Gasteiger partial charge in [-0.05, 0) is 25.5 Å². The third-order valence-electron chi connectivity index (χ3n) is 2.59. The van der Waals surface area contributed by atoms with E-state index in [1.165, 1.54) is 0 Å². The molecule has 0 bridgehead atoms. The van der Waals surface area contributed by atoms with E-state index < -0.39 is 7.14 Å². The zero-order chi connectivity index (χ0) is 11.3. The summed E-state index contributed by atoms with van der Waals surface area (Å²) in [6, 6.07) is 5.70. The molecule has 0 amide bonds. The first kappa shape index (κ1) is 9.60. The van der Waals surface area contributed by atoms with Gasteiger partial charge in [0, 0.05) is 0 Å². The molecule has 3 heterocycles. The molecule has 82 valence electrons. The van der Waals surface area contributed by atoms with Crippen LogP contribution in [-0.2, 0) is 4.57 Å². The Kier molecular flexibility index (Phi) is 1.77. The second-order valence-electron chi connectivity index (χ2n) is 4.16. The normalized spacial score (nSPS) is 12.6. The highest BCUT2D eigenvalue weighted by atomic mass is 31.2. The molecule has 0 aliphatic heterocycles. The highest BCUT2D eigenvalue weighted by molar-refractivity contribution is 7.69. The third-order valence-corrected chi connectivity index (χ3v) is 4.03. The molecular formula is C10H11N4OP. The van der Waals surface area contributed by atoms with Gasteiger partial charge in [-0.3, -0.25) is 5.10 Å². The van der Waals surface area contributed by atoms with Crippen molar-refractivity contribution in [2.45, 2.75) is 0 Å². The van der Waals surface area contributed by atoms with E-state index in [-0.39, 0.29) is 0 Å². The lowest BCUT2D eigenvalue weighted by Crippen LogP contribution is -2.14. The first-order valence-electron chi connectivity index (χ1n) is 4.94. The van der Waals surface area contributed by atoms with Crippen LogP contribution in [0.4, 0.5) is 0 Å². The fraction of sp³-hybridized carbons (Fsp3) is 0.200. The van der Waals surface area contributed by atoms with E-state index >= 15 is 0 Å². The van der Waals surface area contributed by atoms with E-state index in [2.05, 4.69) is 15.3 Å². The monoisotopic (exact) mass is 234 g/mol. The number of rotatable bonds is 1. The van der Waals surface area contributed by atoms with Crippen molar-refractivity contribution in [2.75, 3.05) is 13.3 Å². The summed E-state index contributed by atoms with van der Waals surface area (Å²) in [5.74, 6) is 0. The van der Waals surface area contributed by atoms with E-state index in [4.69, 9.17) is 0 Å².